The SMILES string of the molecule is CCn1nc(C)cc1C(=O)Nc1ccc2c(c1)NCCC2. The normalized spacial score (nSPS) is 13.4. The number of benzene rings is 1. The Hall–Kier alpha value is -2.30. The summed E-state index contributed by atoms with van der Waals surface area (Å²) in [6.45, 7) is 5.55. The number of anilines is 2. The highest BCUT2D eigenvalue weighted by Gasteiger charge is 2.14. The molecule has 0 saturated heterocycles. The van der Waals surface area contributed by atoms with Crippen LogP contribution in [0.25, 0.3) is 0 Å². The van der Waals surface area contributed by atoms with E-state index in [4.69, 9.17) is 0 Å². The number of aromatic nitrogens is 2. The summed E-state index contributed by atoms with van der Waals surface area (Å²) in [5, 5.41) is 10.6. The molecular weight excluding hydrogens is 264 g/mol. The average molecular weight is 284 g/mol. The minimum Gasteiger partial charge on any atom is -0.385 e. The maximum Gasteiger partial charge on any atom is 0.273 e. The predicted molar refractivity (Wildman–Crippen MR) is 83.8 cm³/mol. The van der Waals surface area contributed by atoms with E-state index in [-0.39, 0.29) is 5.91 Å². The Morgan fingerprint density at radius 1 is 1.43 bits per heavy atom. The zero-order valence-corrected chi connectivity index (χ0v) is 12.4. The molecule has 0 radical (unpaired) electrons. The summed E-state index contributed by atoms with van der Waals surface area (Å²) in [5.74, 6) is -0.117. The summed E-state index contributed by atoms with van der Waals surface area (Å²) in [5.41, 5.74) is 4.71. The first-order valence-electron chi connectivity index (χ1n) is 7.40. The molecule has 2 N–H and O–H groups in total. The molecule has 5 nitrogen and oxygen atoms in total. The van der Waals surface area contributed by atoms with Crippen LogP contribution in [0.5, 0.6) is 0 Å². The Morgan fingerprint density at radius 3 is 3.10 bits per heavy atom. The van der Waals surface area contributed by atoms with E-state index in [1.807, 2.05) is 32.0 Å². The van der Waals surface area contributed by atoms with Gasteiger partial charge in [0.2, 0.25) is 0 Å². The maximum atomic E-state index is 12.4. The lowest BCUT2D eigenvalue weighted by atomic mass is 10.0. The van der Waals surface area contributed by atoms with Crippen molar-refractivity contribution >= 4 is 17.3 Å². The summed E-state index contributed by atoms with van der Waals surface area (Å²) in [6.07, 6.45) is 2.26. The topological polar surface area (TPSA) is 59.0 Å². The average Bonchev–Trinajstić information content (AvgIpc) is 2.88. The van der Waals surface area contributed by atoms with Crippen LogP contribution in [0.15, 0.2) is 24.3 Å². The fourth-order valence-corrected chi connectivity index (χ4v) is 2.70. The fraction of sp³-hybridized carbons (Fsp3) is 0.375. The molecule has 0 saturated carbocycles. The van der Waals surface area contributed by atoms with Gasteiger partial charge in [0.15, 0.2) is 0 Å². The van der Waals surface area contributed by atoms with Crippen LogP contribution < -0.4 is 10.6 Å². The smallest absolute Gasteiger partial charge is 0.273 e. The number of hydrogen-bond donors (Lipinski definition) is 2. The van der Waals surface area contributed by atoms with Gasteiger partial charge < -0.3 is 10.6 Å². The van der Waals surface area contributed by atoms with Crippen molar-refractivity contribution in [2.75, 3.05) is 17.2 Å². The van der Waals surface area contributed by atoms with Gasteiger partial charge in [0, 0.05) is 24.5 Å². The van der Waals surface area contributed by atoms with Gasteiger partial charge >= 0.3 is 0 Å². The van der Waals surface area contributed by atoms with Crippen molar-refractivity contribution in [3.05, 3.63) is 41.2 Å². The van der Waals surface area contributed by atoms with Crippen molar-refractivity contribution in [3.63, 3.8) is 0 Å². The van der Waals surface area contributed by atoms with Gasteiger partial charge in [-0.15, -0.1) is 0 Å². The minimum atomic E-state index is -0.117. The fourth-order valence-electron chi connectivity index (χ4n) is 2.70. The Labute approximate surface area is 124 Å². The third-order valence-corrected chi connectivity index (χ3v) is 3.74. The Bertz CT molecular complexity index is 675. The highest BCUT2D eigenvalue weighted by molar-refractivity contribution is 6.03. The molecule has 0 atom stereocenters. The van der Waals surface area contributed by atoms with Crippen molar-refractivity contribution < 1.29 is 4.79 Å². The van der Waals surface area contributed by atoms with E-state index in [0.717, 1.165) is 36.5 Å². The van der Waals surface area contributed by atoms with Gasteiger partial charge in [-0.3, -0.25) is 9.48 Å². The van der Waals surface area contributed by atoms with Crippen molar-refractivity contribution in [3.8, 4) is 0 Å². The van der Waals surface area contributed by atoms with Crippen LogP contribution in [0.4, 0.5) is 11.4 Å². The zero-order valence-electron chi connectivity index (χ0n) is 12.4. The number of rotatable bonds is 3. The van der Waals surface area contributed by atoms with Crippen LogP contribution in [0.3, 0.4) is 0 Å². The second-order valence-corrected chi connectivity index (χ2v) is 5.34. The maximum absolute atomic E-state index is 12.4. The van der Waals surface area contributed by atoms with Crippen LogP contribution in [-0.2, 0) is 13.0 Å². The lowest BCUT2D eigenvalue weighted by Crippen LogP contribution is -2.18. The monoisotopic (exact) mass is 284 g/mol. The Morgan fingerprint density at radius 2 is 2.29 bits per heavy atom. The molecule has 1 amide bonds. The largest absolute Gasteiger partial charge is 0.385 e. The summed E-state index contributed by atoms with van der Waals surface area (Å²) in [7, 11) is 0. The van der Waals surface area contributed by atoms with E-state index < -0.39 is 0 Å². The van der Waals surface area contributed by atoms with E-state index >= 15 is 0 Å². The van der Waals surface area contributed by atoms with E-state index in [1.165, 1.54) is 5.56 Å². The number of nitrogens with one attached hydrogen (secondary N) is 2. The van der Waals surface area contributed by atoms with Gasteiger partial charge in [-0.05, 0) is 50.5 Å². The molecule has 1 aliphatic rings. The third kappa shape index (κ3) is 2.77. The minimum absolute atomic E-state index is 0.117. The van der Waals surface area contributed by atoms with E-state index in [1.54, 1.807) is 4.68 Å². The lowest BCUT2D eigenvalue weighted by Gasteiger charge is -2.18. The molecule has 0 spiro atoms. The number of nitrogens with zero attached hydrogens (tertiary/aromatic N) is 2. The quantitative estimate of drug-likeness (QED) is 0.911. The van der Waals surface area contributed by atoms with Gasteiger partial charge in [-0.25, -0.2) is 0 Å². The van der Waals surface area contributed by atoms with Crippen LogP contribution in [0, 0.1) is 6.92 Å². The number of amides is 1. The Kier molecular flexibility index (Phi) is 3.64. The summed E-state index contributed by atoms with van der Waals surface area (Å²) in [6, 6.07) is 7.87. The predicted octanol–water partition coefficient (Wildman–Crippen LogP) is 2.82. The molecule has 2 aromatic rings. The first-order chi connectivity index (χ1) is 10.2. The summed E-state index contributed by atoms with van der Waals surface area (Å²) in [4.78, 5) is 12.4. The molecule has 5 heteroatoms. The number of carbonyl (C=O) groups is 1. The molecule has 1 aromatic heterocycles. The Balaban J connectivity index is 1.81. The molecule has 0 aliphatic carbocycles. The number of aryl methyl sites for hydroxylation is 3. The first-order valence-corrected chi connectivity index (χ1v) is 7.40. The number of carbonyl (C=O) groups excluding carboxylic acids is 1. The van der Waals surface area contributed by atoms with Crippen molar-refractivity contribution in [1.29, 1.82) is 0 Å². The highest BCUT2D eigenvalue weighted by atomic mass is 16.2. The van der Waals surface area contributed by atoms with Gasteiger partial charge in [-0.2, -0.15) is 5.10 Å². The first kappa shape index (κ1) is 13.7. The molecule has 110 valence electrons. The van der Waals surface area contributed by atoms with Crippen LogP contribution in [0.2, 0.25) is 0 Å². The van der Waals surface area contributed by atoms with Gasteiger partial charge in [-0.1, -0.05) is 6.07 Å². The second-order valence-electron chi connectivity index (χ2n) is 5.34. The molecule has 0 unspecified atom stereocenters. The van der Waals surface area contributed by atoms with E-state index in [9.17, 15) is 4.79 Å². The molecule has 1 aliphatic heterocycles. The summed E-state index contributed by atoms with van der Waals surface area (Å²) >= 11 is 0. The van der Waals surface area contributed by atoms with E-state index in [2.05, 4.69) is 21.8 Å². The van der Waals surface area contributed by atoms with Crippen LogP contribution >= 0.6 is 0 Å². The molecule has 0 bridgehead atoms. The van der Waals surface area contributed by atoms with Gasteiger partial charge in [0.25, 0.3) is 5.91 Å². The van der Waals surface area contributed by atoms with Crippen LogP contribution in [-0.4, -0.2) is 22.2 Å². The molecule has 21 heavy (non-hydrogen) atoms. The third-order valence-electron chi connectivity index (χ3n) is 3.74. The van der Waals surface area contributed by atoms with E-state index in [0.29, 0.717) is 12.2 Å². The molecular formula is C16H20N4O. The standard InChI is InChI=1S/C16H20N4O/c1-3-20-15(9-11(2)19-20)16(21)18-13-7-6-12-5-4-8-17-14(12)10-13/h6-7,9-10,17H,3-5,8H2,1-2H3,(H,18,21). The molecule has 1 aromatic carbocycles. The number of fused-ring (bicyclic) bond motifs is 1. The highest BCUT2D eigenvalue weighted by Crippen LogP contribution is 2.25. The molecule has 0 fully saturated rings. The van der Waals surface area contributed by atoms with Crippen LogP contribution in [0.1, 0.15) is 35.1 Å². The van der Waals surface area contributed by atoms with Crippen molar-refractivity contribution in [1.82, 2.24) is 9.78 Å². The number of hydrogen-bond acceptors (Lipinski definition) is 3. The summed E-state index contributed by atoms with van der Waals surface area (Å²) < 4.78 is 1.72. The zero-order chi connectivity index (χ0) is 14.8. The van der Waals surface area contributed by atoms with Gasteiger partial charge in [0.1, 0.15) is 5.69 Å². The molecule has 2 heterocycles. The lowest BCUT2D eigenvalue weighted by molar-refractivity contribution is 0.101. The second kappa shape index (κ2) is 5.60. The van der Waals surface area contributed by atoms with Crippen molar-refractivity contribution in [2.24, 2.45) is 0 Å². The molecule has 3 rings (SSSR count). The van der Waals surface area contributed by atoms with Crippen molar-refractivity contribution in [2.45, 2.75) is 33.2 Å². The van der Waals surface area contributed by atoms with Gasteiger partial charge in [0.05, 0.1) is 5.69 Å².